The third-order valence-corrected chi connectivity index (χ3v) is 4.50. The Morgan fingerprint density at radius 2 is 1.92 bits per heavy atom. The Kier molecular flexibility index (Phi) is 7.28. The summed E-state index contributed by atoms with van der Waals surface area (Å²) in [4.78, 5) is 33.6. The van der Waals surface area contributed by atoms with Crippen LogP contribution in [0.15, 0.2) is 29.2 Å². The lowest BCUT2D eigenvalue weighted by molar-refractivity contribution is -0.149. The van der Waals surface area contributed by atoms with Crippen LogP contribution in [0, 0.1) is 0 Å². The van der Waals surface area contributed by atoms with E-state index >= 15 is 0 Å². The lowest BCUT2D eigenvalue weighted by Gasteiger charge is -2.10. The van der Waals surface area contributed by atoms with Crippen molar-refractivity contribution in [1.82, 2.24) is 10.0 Å². The number of carbonyl (C=O) groups excluding carboxylic acids is 3. The van der Waals surface area contributed by atoms with Crippen LogP contribution in [0.4, 0.5) is 4.79 Å². The van der Waals surface area contributed by atoms with E-state index in [9.17, 15) is 22.8 Å². The number of rotatable bonds is 7. The SMILES string of the molecule is CNS(=O)(=O)c1cc(/C=C/C(=O)OC(C)C(=O)NC(N)=O)ccc1OC. The van der Waals surface area contributed by atoms with Crippen molar-refractivity contribution in [1.29, 1.82) is 0 Å². The molecule has 1 aromatic rings. The van der Waals surface area contributed by atoms with Gasteiger partial charge >= 0.3 is 12.0 Å². The van der Waals surface area contributed by atoms with Gasteiger partial charge < -0.3 is 15.2 Å². The van der Waals surface area contributed by atoms with Crippen molar-refractivity contribution in [3.8, 4) is 5.75 Å². The van der Waals surface area contributed by atoms with E-state index in [0.29, 0.717) is 5.56 Å². The van der Waals surface area contributed by atoms with Crippen LogP contribution in [0.3, 0.4) is 0 Å². The van der Waals surface area contributed by atoms with E-state index in [1.165, 1.54) is 45.4 Å². The predicted molar refractivity (Wildman–Crippen MR) is 91.6 cm³/mol. The zero-order valence-corrected chi connectivity index (χ0v) is 15.1. The van der Waals surface area contributed by atoms with Gasteiger partial charge in [-0.3, -0.25) is 10.1 Å². The van der Waals surface area contributed by atoms with E-state index in [4.69, 9.17) is 15.2 Å². The molecule has 1 unspecified atom stereocenters. The second-order valence-electron chi connectivity index (χ2n) is 4.88. The predicted octanol–water partition coefficient (Wildman–Crippen LogP) is -0.257. The lowest BCUT2D eigenvalue weighted by Crippen LogP contribution is -2.42. The third kappa shape index (κ3) is 5.86. The monoisotopic (exact) mass is 385 g/mol. The number of nitrogens with two attached hydrogens (primary N) is 1. The Hall–Kier alpha value is -2.92. The molecular weight excluding hydrogens is 366 g/mol. The molecule has 3 amide bonds. The number of amides is 3. The largest absolute Gasteiger partial charge is 0.495 e. The molecule has 0 saturated carbocycles. The number of hydrogen-bond donors (Lipinski definition) is 3. The van der Waals surface area contributed by atoms with Crippen molar-refractivity contribution in [2.24, 2.45) is 5.73 Å². The van der Waals surface area contributed by atoms with Gasteiger partial charge in [-0.2, -0.15) is 0 Å². The topological polar surface area (TPSA) is 154 Å². The number of esters is 1. The summed E-state index contributed by atoms with van der Waals surface area (Å²) in [5.41, 5.74) is 5.17. The Balaban J connectivity index is 2.91. The van der Waals surface area contributed by atoms with E-state index < -0.39 is 34.0 Å². The number of carbonyl (C=O) groups is 3. The molecule has 0 heterocycles. The number of urea groups is 1. The first kappa shape index (κ1) is 21.1. The first-order valence-electron chi connectivity index (χ1n) is 7.21. The average molecular weight is 385 g/mol. The maximum Gasteiger partial charge on any atom is 0.331 e. The smallest absolute Gasteiger partial charge is 0.331 e. The molecule has 0 aliphatic heterocycles. The summed E-state index contributed by atoms with van der Waals surface area (Å²) in [6.45, 7) is 1.26. The fraction of sp³-hybridized carbons (Fsp3) is 0.267. The van der Waals surface area contributed by atoms with Crippen LogP contribution < -0.4 is 20.5 Å². The number of hydrogen-bond acceptors (Lipinski definition) is 7. The van der Waals surface area contributed by atoms with Gasteiger partial charge in [0.2, 0.25) is 10.0 Å². The molecule has 0 aliphatic rings. The van der Waals surface area contributed by atoms with Gasteiger partial charge in [0.1, 0.15) is 10.6 Å². The number of primary amides is 1. The summed E-state index contributed by atoms with van der Waals surface area (Å²) < 4.78 is 36.0. The van der Waals surface area contributed by atoms with Crippen LogP contribution in [-0.4, -0.2) is 46.6 Å². The fourth-order valence-electron chi connectivity index (χ4n) is 1.77. The second kappa shape index (κ2) is 8.97. The van der Waals surface area contributed by atoms with Crippen LogP contribution >= 0.6 is 0 Å². The molecule has 0 spiro atoms. The zero-order valence-electron chi connectivity index (χ0n) is 14.3. The normalized spacial score (nSPS) is 12.4. The second-order valence-corrected chi connectivity index (χ2v) is 6.74. The van der Waals surface area contributed by atoms with Gasteiger partial charge in [0, 0.05) is 6.08 Å². The van der Waals surface area contributed by atoms with Crippen molar-refractivity contribution in [3.05, 3.63) is 29.8 Å². The summed E-state index contributed by atoms with van der Waals surface area (Å²) in [5, 5.41) is 1.78. The van der Waals surface area contributed by atoms with Gasteiger partial charge in [0.15, 0.2) is 6.10 Å². The van der Waals surface area contributed by atoms with Crippen molar-refractivity contribution < 1.29 is 32.3 Å². The minimum atomic E-state index is -3.77. The molecule has 0 bridgehead atoms. The molecule has 26 heavy (non-hydrogen) atoms. The Labute approximate surface area is 150 Å². The number of imide groups is 1. The maximum atomic E-state index is 12.0. The summed E-state index contributed by atoms with van der Waals surface area (Å²) >= 11 is 0. The molecular formula is C15H19N3O7S. The van der Waals surface area contributed by atoms with Crippen molar-refractivity contribution in [2.75, 3.05) is 14.2 Å². The van der Waals surface area contributed by atoms with Crippen molar-refractivity contribution in [2.45, 2.75) is 17.9 Å². The molecule has 1 rings (SSSR count). The zero-order chi connectivity index (χ0) is 19.9. The van der Waals surface area contributed by atoms with Crippen LogP contribution in [0.5, 0.6) is 5.75 Å². The maximum absolute atomic E-state index is 12.0. The highest BCUT2D eigenvalue weighted by atomic mass is 32.2. The molecule has 1 aromatic carbocycles. The van der Waals surface area contributed by atoms with Gasteiger partial charge in [0.25, 0.3) is 5.91 Å². The van der Waals surface area contributed by atoms with Crippen LogP contribution in [0.25, 0.3) is 6.08 Å². The van der Waals surface area contributed by atoms with E-state index in [2.05, 4.69) is 4.72 Å². The minimum absolute atomic E-state index is 0.104. The third-order valence-electron chi connectivity index (χ3n) is 3.07. The summed E-state index contributed by atoms with van der Waals surface area (Å²) in [6, 6.07) is 3.20. The number of ether oxygens (including phenoxy) is 2. The molecule has 1 atom stereocenters. The fourth-order valence-corrected chi connectivity index (χ4v) is 2.70. The summed E-state index contributed by atoms with van der Waals surface area (Å²) in [5.74, 6) is -1.60. The molecule has 4 N–H and O–H groups in total. The van der Waals surface area contributed by atoms with E-state index in [0.717, 1.165) is 6.08 Å². The van der Waals surface area contributed by atoms with Gasteiger partial charge in [-0.25, -0.2) is 22.7 Å². The highest BCUT2D eigenvalue weighted by Gasteiger charge is 2.19. The highest BCUT2D eigenvalue weighted by Crippen LogP contribution is 2.25. The first-order valence-corrected chi connectivity index (χ1v) is 8.69. The van der Waals surface area contributed by atoms with Crippen molar-refractivity contribution >= 4 is 34.0 Å². The molecule has 0 aliphatic carbocycles. The van der Waals surface area contributed by atoms with Gasteiger partial charge in [-0.1, -0.05) is 6.07 Å². The minimum Gasteiger partial charge on any atom is -0.495 e. The number of sulfonamides is 1. The number of nitrogens with one attached hydrogen (secondary N) is 2. The van der Waals surface area contributed by atoms with Gasteiger partial charge in [-0.15, -0.1) is 0 Å². The molecule has 0 aromatic heterocycles. The molecule has 0 saturated heterocycles. The number of methoxy groups -OCH3 is 1. The Morgan fingerprint density at radius 1 is 1.27 bits per heavy atom. The molecule has 11 heteroatoms. The molecule has 0 fully saturated rings. The Bertz CT molecular complexity index is 834. The standard InChI is InChI=1S/C15H19N3O7S/c1-9(14(20)18-15(16)21)25-13(19)7-5-10-4-6-11(24-3)12(8-10)26(22,23)17-2/h4-9,17H,1-3H3,(H3,16,18,20,21)/b7-5+. The molecule has 10 nitrogen and oxygen atoms in total. The van der Waals surface area contributed by atoms with E-state index in [1.807, 2.05) is 0 Å². The van der Waals surface area contributed by atoms with E-state index in [-0.39, 0.29) is 10.6 Å². The lowest BCUT2D eigenvalue weighted by atomic mass is 10.2. The average Bonchev–Trinajstić information content (AvgIpc) is 2.59. The highest BCUT2D eigenvalue weighted by molar-refractivity contribution is 7.89. The van der Waals surface area contributed by atoms with Gasteiger partial charge in [0.05, 0.1) is 7.11 Å². The summed E-state index contributed by atoms with van der Waals surface area (Å²) in [7, 11) is -1.18. The van der Waals surface area contributed by atoms with Gasteiger partial charge in [-0.05, 0) is 37.7 Å². The van der Waals surface area contributed by atoms with Crippen LogP contribution in [-0.2, 0) is 24.3 Å². The van der Waals surface area contributed by atoms with Crippen molar-refractivity contribution in [3.63, 3.8) is 0 Å². The number of benzene rings is 1. The van der Waals surface area contributed by atoms with E-state index in [1.54, 1.807) is 5.32 Å². The molecule has 142 valence electrons. The molecule has 0 radical (unpaired) electrons. The Morgan fingerprint density at radius 3 is 2.46 bits per heavy atom. The summed E-state index contributed by atoms with van der Waals surface area (Å²) in [6.07, 6.45) is 1.07. The van der Waals surface area contributed by atoms with Crippen LogP contribution in [0.1, 0.15) is 12.5 Å². The first-order chi connectivity index (χ1) is 12.1. The van der Waals surface area contributed by atoms with Crippen LogP contribution in [0.2, 0.25) is 0 Å². The quantitative estimate of drug-likeness (QED) is 0.432.